The topological polar surface area (TPSA) is 38.3 Å². The lowest BCUT2D eigenvalue weighted by molar-refractivity contribution is -0.124. The molecule has 3 nitrogen and oxygen atoms in total. The fraction of sp³-hybridized carbons (Fsp3) is 0.833. The second-order valence-corrected chi connectivity index (χ2v) is 2.31. The average molecular weight is 129 g/mol. The van der Waals surface area contributed by atoms with Gasteiger partial charge in [-0.25, -0.2) is 0 Å². The number of ether oxygens (including phenoxy) is 1. The molecule has 0 saturated carbocycles. The second-order valence-electron chi connectivity index (χ2n) is 2.31. The summed E-state index contributed by atoms with van der Waals surface area (Å²) in [7, 11) is 0. The lowest BCUT2D eigenvalue weighted by Crippen LogP contribution is -2.32. The summed E-state index contributed by atoms with van der Waals surface area (Å²) < 4.78 is 4.97. The Morgan fingerprint density at radius 2 is 2.56 bits per heavy atom. The van der Waals surface area contributed by atoms with E-state index in [2.05, 4.69) is 5.32 Å². The molecule has 3 heteroatoms. The van der Waals surface area contributed by atoms with Crippen molar-refractivity contribution in [1.82, 2.24) is 5.32 Å². The Hall–Kier alpha value is -0.570. The maximum absolute atomic E-state index is 10.7. The first-order valence-corrected chi connectivity index (χ1v) is 3.16. The van der Waals surface area contributed by atoms with Crippen LogP contribution in [0.2, 0.25) is 0 Å². The molecule has 0 bridgehead atoms. The van der Waals surface area contributed by atoms with Gasteiger partial charge < -0.3 is 10.1 Å². The Bertz CT molecular complexity index is 114. The molecule has 1 saturated heterocycles. The van der Waals surface area contributed by atoms with Gasteiger partial charge in [0.05, 0.1) is 0 Å². The Kier molecular flexibility index (Phi) is 2.05. The Balaban J connectivity index is 2.37. The van der Waals surface area contributed by atoms with Gasteiger partial charge >= 0.3 is 0 Å². The number of hydrogen-bond acceptors (Lipinski definition) is 2. The van der Waals surface area contributed by atoms with Gasteiger partial charge in [-0.05, 0) is 13.3 Å². The highest BCUT2D eigenvalue weighted by atomic mass is 16.5. The summed E-state index contributed by atoms with van der Waals surface area (Å²) in [5.41, 5.74) is 0. The Morgan fingerprint density at radius 1 is 1.78 bits per heavy atom. The molecule has 1 fully saturated rings. The van der Waals surface area contributed by atoms with E-state index in [0.717, 1.165) is 6.42 Å². The van der Waals surface area contributed by atoms with Crippen LogP contribution in [0, 0.1) is 0 Å². The highest BCUT2D eigenvalue weighted by molar-refractivity contribution is 5.77. The van der Waals surface area contributed by atoms with E-state index in [1.165, 1.54) is 0 Å². The third kappa shape index (κ3) is 2.01. The van der Waals surface area contributed by atoms with E-state index >= 15 is 0 Å². The first-order valence-electron chi connectivity index (χ1n) is 3.16. The number of rotatable bonds is 0. The zero-order valence-corrected chi connectivity index (χ0v) is 5.52. The Labute approximate surface area is 54.4 Å². The zero-order valence-electron chi connectivity index (χ0n) is 5.52. The van der Waals surface area contributed by atoms with Crippen LogP contribution < -0.4 is 5.32 Å². The SMILES string of the molecule is CC1CCOCC(=O)N1. The van der Waals surface area contributed by atoms with Gasteiger partial charge in [0.15, 0.2) is 0 Å². The van der Waals surface area contributed by atoms with E-state index in [1.807, 2.05) is 6.92 Å². The molecule has 0 radical (unpaired) electrons. The predicted molar refractivity (Wildman–Crippen MR) is 33.0 cm³/mol. The fourth-order valence-corrected chi connectivity index (χ4v) is 0.814. The van der Waals surface area contributed by atoms with Gasteiger partial charge in [-0.2, -0.15) is 0 Å². The molecule has 1 N–H and O–H groups in total. The fourth-order valence-electron chi connectivity index (χ4n) is 0.814. The summed E-state index contributed by atoms with van der Waals surface area (Å²) in [4.78, 5) is 10.7. The molecule has 0 aromatic rings. The van der Waals surface area contributed by atoms with Gasteiger partial charge in [-0.3, -0.25) is 4.79 Å². The molecule has 1 aliphatic rings. The van der Waals surface area contributed by atoms with Gasteiger partial charge in [0.2, 0.25) is 5.91 Å². The molecular formula is C6H11NO2. The molecule has 0 aromatic carbocycles. The summed E-state index contributed by atoms with van der Waals surface area (Å²) >= 11 is 0. The molecule has 1 heterocycles. The number of carbonyl (C=O) groups is 1. The van der Waals surface area contributed by atoms with Crippen LogP contribution in [0.5, 0.6) is 0 Å². The number of nitrogens with one attached hydrogen (secondary N) is 1. The van der Waals surface area contributed by atoms with Crippen molar-refractivity contribution in [2.24, 2.45) is 0 Å². The van der Waals surface area contributed by atoms with Crippen molar-refractivity contribution in [3.8, 4) is 0 Å². The minimum absolute atomic E-state index is 0.000000000000000222. The largest absolute Gasteiger partial charge is 0.372 e. The van der Waals surface area contributed by atoms with Crippen LogP contribution in [0.3, 0.4) is 0 Å². The van der Waals surface area contributed by atoms with Crippen LogP contribution in [0.25, 0.3) is 0 Å². The van der Waals surface area contributed by atoms with E-state index in [4.69, 9.17) is 4.74 Å². The molecule has 1 unspecified atom stereocenters. The van der Waals surface area contributed by atoms with Crippen molar-refractivity contribution in [2.75, 3.05) is 13.2 Å². The highest BCUT2D eigenvalue weighted by Crippen LogP contribution is 1.95. The van der Waals surface area contributed by atoms with E-state index in [1.54, 1.807) is 0 Å². The number of carbonyl (C=O) groups excluding carboxylic acids is 1. The van der Waals surface area contributed by atoms with E-state index in [0.29, 0.717) is 6.61 Å². The molecule has 1 rings (SSSR count). The quantitative estimate of drug-likeness (QED) is 0.496. The highest BCUT2D eigenvalue weighted by Gasteiger charge is 2.10. The first-order chi connectivity index (χ1) is 4.29. The first kappa shape index (κ1) is 6.55. The van der Waals surface area contributed by atoms with Crippen molar-refractivity contribution in [2.45, 2.75) is 19.4 Å². The van der Waals surface area contributed by atoms with Gasteiger partial charge in [-0.15, -0.1) is 0 Å². The van der Waals surface area contributed by atoms with E-state index in [9.17, 15) is 4.79 Å². The van der Waals surface area contributed by atoms with Crippen molar-refractivity contribution >= 4 is 5.91 Å². The molecule has 9 heavy (non-hydrogen) atoms. The van der Waals surface area contributed by atoms with Gasteiger partial charge in [0.25, 0.3) is 0 Å². The lowest BCUT2D eigenvalue weighted by Gasteiger charge is -2.05. The summed E-state index contributed by atoms with van der Waals surface area (Å²) in [5, 5.41) is 2.78. The second kappa shape index (κ2) is 2.82. The molecule has 0 aromatic heterocycles. The van der Waals surface area contributed by atoms with Crippen LogP contribution in [-0.4, -0.2) is 25.2 Å². The third-order valence-corrected chi connectivity index (χ3v) is 1.34. The van der Waals surface area contributed by atoms with Crippen LogP contribution in [-0.2, 0) is 9.53 Å². The molecule has 52 valence electrons. The molecule has 0 aliphatic carbocycles. The summed E-state index contributed by atoms with van der Waals surface area (Å²) in [6.45, 7) is 2.90. The number of hydrogen-bond donors (Lipinski definition) is 1. The smallest absolute Gasteiger partial charge is 0.246 e. The van der Waals surface area contributed by atoms with E-state index in [-0.39, 0.29) is 18.6 Å². The average Bonchev–Trinajstić information content (AvgIpc) is 1.93. The van der Waals surface area contributed by atoms with Gasteiger partial charge in [0, 0.05) is 12.6 Å². The standard InChI is InChI=1S/C6H11NO2/c1-5-2-3-9-4-6(8)7-5/h5H,2-4H2,1H3,(H,7,8). The van der Waals surface area contributed by atoms with Crippen LogP contribution in [0.4, 0.5) is 0 Å². The third-order valence-electron chi connectivity index (χ3n) is 1.34. The van der Waals surface area contributed by atoms with Crippen LogP contribution in [0.1, 0.15) is 13.3 Å². The van der Waals surface area contributed by atoms with E-state index < -0.39 is 0 Å². The maximum atomic E-state index is 10.7. The van der Waals surface area contributed by atoms with Crippen LogP contribution in [0.15, 0.2) is 0 Å². The summed E-state index contributed by atoms with van der Waals surface area (Å²) in [5.74, 6) is 0.000000000000000222. The summed E-state index contributed by atoms with van der Waals surface area (Å²) in [6.07, 6.45) is 0.922. The maximum Gasteiger partial charge on any atom is 0.246 e. The van der Waals surface area contributed by atoms with Crippen molar-refractivity contribution in [1.29, 1.82) is 0 Å². The molecule has 0 spiro atoms. The molecule has 1 amide bonds. The van der Waals surface area contributed by atoms with Gasteiger partial charge in [0.1, 0.15) is 6.61 Å². The molecule has 1 atom stereocenters. The van der Waals surface area contributed by atoms with Crippen molar-refractivity contribution < 1.29 is 9.53 Å². The Morgan fingerprint density at radius 3 is 3.33 bits per heavy atom. The number of amides is 1. The van der Waals surface area contributed by atoms with Gasteiger partial charge in [-0.1, -0.05) is 0 Å². The summed E-state index contributed by atoms with van der Waals surface area (Å²) in [6, 6.07) is 0.278. The normalized spacial score (nSPS) is 29.0. The monoisotopic (exact) mass is 129 g/mol. The van der Waals surface area contributed by atoms with Crippen molar-refractivity contribution in [3.63, 3.8) is 0 Å². The predicted octanol–water partition coefficient (Wildman–Crippen LogP) is -0.0886. The van der Waals surface area contributed by atoms with Crippen molar-refractivity contribution in [3.05, 3.63) is 0 Å². The molecular weight excluding hydrogens is 118 g/mol. The zero-order chi connectivity index (χ0) is 6.69. The minimum atomic E-state index is 0.000000000000000222. The molecule has 1 aliphatic heterocycles. The van der Waals surface area contributed by atoms with Crippen LogP contribution >= 0.6 is 0 Å². The lowest BCUT2D eigenvalue weighted by atomic mass is 10.2. The minimum Gasteiger partial charge on any atom is -0.372 e.